The summed E-state index contributed by atoms with van der Waals surface area (Å²) >= 11 is 1.62. The average molecular weight is 260 g/mol. The average Bonchev–Trinajstić information content (AvgIpc) is 2.91. The highest BCUT2D eigenvalue weighted by atomic mass is 32.1. The molecular formula is C14H16N2OS. The maximum Gasteiger partial charge on any atom is 0.220 e. The molecule has 1 aromatic carbocycles. The van der Waals surface area contributed by atoms with Gasteiger partial charge in [-0.1, -0.05) is 30.3 Å². The van der Waals surface area contributed by atoms with Crippen molar-refractivity contribution < 1.29 is 4.79 Å². The number of thiazole rings is 1. The van der Waals surface area contributed by atoms with Crippen molar-refractivity contribution in [1.29, 1.82) is 0 Å². The molecule has 0 aliphatic rings. The van der Waals surface area contributed by atoms with Gasteiger partial charge in [-0.2, -0.15) is 0 Å². The lowest BCUT2D eigenvalue weighted by Gasteiger charge is -2.04. The predicted molar refractivity (Wildman–Crippen MR) is 73.6 cm³/mol. The van der Waals surface area contributed by atoms with E-state index in [1.54, 1.807) is 17.5 Å². The van der Waals surface area contributed by atoms with Crippen LogP contribution in [0.2, 0.25) is 0 Å². The third-order valence-electron chi connectivity index (χ3n) is 2.63. The normalized spacial score (nSPS) is 10.2. The van der Waals surface area contributed by atoms with Gasteiger partial charge in [0.05, 0.1) is 5.01 Å². The van der Waals surface area contributed by atoms with Crippen LogP contribution in [-0.2, 0) is 17.6 Å². The number of hydrogen-bond donors (Lipinski definition) is 1. The topological polar surface area (TPSA) is 42.0 Å². The van der Waals surface area contributed by atoms with Gasteiger partial charge in [0, 0.05) is 31.0 Å². The summed E-state index contributed by atoms with van der Waals surface area (Å²) in [7, 11) is 0. The lowest BCUT2D eigenvalue weighted by atomic mass is 10.1. The summed E-state index contributed by atoms with van der Waals surface area (Å²) in [6, 6.07) is 10.1. The number of rotatable bonds is 6. The highest BCUT2D eigenvalue weighted by Crippen LogP contribution is 2.04. The summed E-state index contributed by atoms with van der Waals surface area (Å²) in [6.45, 7) is 0.668. The smallest absolute Gasteiger partial charge is 0.220 e. The molecule has 2 rings (SSSR count). The fraction of sp³-hybridized carbons (Fsp3) is 0.286. The van der Waals surface area contributed by atoms with Gasteiger partial charge >= 0.3 is 0 Å². The molecule has 1 amide bonds. The van der Waals surface area contributed by atoms with E-state index in [4.69, 9.17) is 0 Å². The van der Waals surface area contributed by atoms with Gasteiger partial charge in [-0.3, -0.25) is 4.79 Å². The van der Waals surface area contributed by atoms with Crippen molar-refractivity contribution in [2.75, 3.05) is 6.54 Å². The molecular weight excluding hydrogens is 244 g/mol. The Bertz CT molecular complexity index is 468. The molecule has 3 nitrogen and oxygen atoms in total. The fourth-order valence-corrected chi connectivity index (χ4v) is 2.30. The Morgan fingerprint density at radius 3 is 2.78 bits per heavy atom. The summed E-state index contributed by atoms with van der Waals surface area (Å²) in [5, 5.41) is 5.94. The Morgan fingerprint density at radius 2 is 2.06 bits per heavy atom. The summed E-state index contributed by atoms with van der Waals surface area (Å²) in [4.78, 5) is 15.8. The van der Waals surface area contributed by atoms with E-state index >= 15 is 0 Å². The van der Waals surface area contributed by atoms with Gasteiger partial charge in [0.15, 0.2) is 0 Å². The van der Waals surface area contributed by atoms with E-state index in [1.807, 2.05) is 35.7 Å². The molecule has 2 aromatic rings. The number of benzene rings is 1. The molecule has 1 aromatic heterocycles. The zero-order valence-electron chi connectivity index (χ0n) is 10.1. The van der Waals surface area contributed by atoms with E-state index in [9.17, 15) is 4.79 Å². The van der Waals surface area contributed by atoms with E-state index in [0.717, 1.165) is 17.8 Å². The SMILES string of the molecule is O=C(CCc1ccccc1)NCCc1nccs1. The van der Waals surface area contributed by atoms with Gasteiger partial charge in [0.2, 0.25) is 5.91 Å². The van der Waals surface area contributed by atoms with E-state index in [-0.39, 0.29) is 5.91 Å². The number of aromatic nitrogens is 1. The summed E-state index contributed by atoms with van der Waals surface area (Å²) in [5.74, 6) is 0.107. The largest absolute Gasteiger partial charge is 0.356 e. The highest BCUT2D eigenvalue weighted by Gasteiger charge is 2.02. The van der Waals surface area contributed by atoms with Gasteiger partial charge in [0.1, 0.15) is 0 Å². The van der Waals surface area contributed by atoms with Gasteiger partial charge in [-0.15, -0.1) is 11.3 Å². The lowest BCUT2D eigenvalue weighted by molar-refractivity contribution is -0.121. The zero-order valence-corrected chi connectivity index (χ0v) is 11.0. The molecule has 4 heteroatoms. The molecule has 0 unspecified atom stereocenters. The summed E-state index contributed by atoms with van der Waals surface area (Å²) in [6.07, 6.45) is 3.94. The third kappa shape index (κ3) is 4.30. The van der Waals surface area contributed by atoms with Gasteiger partial charge in [-0.05, 0) is 12.0 Å². The number of nitrogens with zero attached hydrogens (tertiary/aromatic N) is 1. The standard InChI is InChI=1S/C14H16N2OS/c17-13(7-6-12-4-2-1-3-5-12)15-9-8-14-16-10-11-18-14/h1-5,10-11H,6-9H2,(H,15,17). The van der Waals surface area contributed by atoms with Crippen LogP contribution in [0, 0.1) is 0 Å². The van der Waals surface area contributed by atoms with Crippen molar-refractivity contribution in [2.24, 2.45) is 0 Å². The van der Waals surface area contributed by atoms with Crippen LogP contribution >= 0.6 is 11.3 Å². The Hall–Kier alpha value is -1.68. The van der Waals surface area contributed by atoms with Crippen molar-refractivity contribution >= 4 is 17.2 Å². The number of carbonyl (C=O) groups excluding carboxylic acids is 1. The molecule has 0 saturated heterocycles. The third-order valence-corrected chi connectivity index (χ3v) is 3.47. The second kappa shape index (κ2) is 6.91. The Balaban J connectivity index is 1.63. The molecule has 0 atom stereocenters. The first-order valence-electron chi connectivity index (χ1n) is 6.03. The molecule has 0 aliphatic heterocycles. The van der Waals surface area contributed by atoms with Crippen LogP contribution in [0.3, 0.4) is 0 Å². The Labute approximate surface area is 111 Å². The first kappa shape index (κ1) is 12.8. The van der Waals surface area contributed by atoms with Crippen LogP contribution in [0.1, 0.15) is 17.0 Å². The molecule has 1 heterocycles. The van der Waals surface area contributed by atoms with Crippen molar-refractivity contribution in [3.8, 4) is 0 Å². The number of aryl methyl sites for hydroxylation is 1. The monoisotopic (exact) mass is 260 g/mol. The molecule has 94 valence electrons. The van der Waals surface area contributed by atoms with E-state index in [2.05, 4.69) is 10.3 Å². The number of carbonyl (C=O) groups is 1. The summed E-state index contributed by atoms with van der Waals surface area (Å²) in [5.41, 5.74) is 1.20. The summed E-state index contributed by atoms with van der Waals surface area (Å²) < 4.78 is 0. The first-order chi connectivity index (χ1) is 8.84. The van der Waals surface area contributed by atoms with Crippen molar-refractivity contribution in [3.63, 3.8) is 0 Å². The minimum absolute atomic E-state index is 0.107. The molecule has 18 heavy (non-hydrogen) atoms. The second-order valence-electron chi connectivity index (χ2n) is 4.01. The van der Waals surface area contributed by atoms with Crippen LogP contribution in [-0.4, -0.2) is 17.4 Å². The Morgan fingerprint density at radius 1 is 1.22 bits per heavy atom. The predicted octanol–water partition coefficient (Wildman–Crippen LogP) is 2.43. The second-order valence-corrected chi connectivity index (χ2v) is 4.99. The molecule has 0 fully saturated rings. The molecule has 0 saturated carbocycles. The molecule has 0 spiro atoms. The van der Waals surface area contributed by atoms with Gasteiger partial charge in [0.25, 0.3) is 0 Å². The zero-order chi connectivity index (χ0) is 12.6. The van der Waals surface area contributed by atoms with Crippen LogP contribution in [0.15, 0.2) is 41.9 Å². The maximum atomic E-state index is 11.6. The van der Waals surface area contributed by atoms with Crippen molar-refractivity contribution in [2.45, 2.75) is 19.3 Å². The molecule has 0 radical (unpaired) electrons. The number of hydrogen-bond acceptors (Lipinski definition) is 3. The molecule has 0 bridgehead atoms. The van der Waals surface area contributed by atoms with Gasteiger partial charge < -0.3 is 5.32 Å². The molecule has 1 N–H and O–H groups in total. The van der Waals surface area contributed by atoms with E-state index in [0.29, 0.717) is 13.0 Å². The minimum atomic E-state index is 0.107. The van der Waals surface area contributed by atoms with Crippen molar-refractivity contribution in [1.82, 2.24) is 10.3 Å². The Kier molecular flexibility index (Phi) is 4.90. The quantitative estimate of drug-likeness (QED) is 0.866. The van der Waals surface area contributed by atoms with E-state index in [1.165, 1.54) is 5.56 Å². The first-order valence-corrected chi connectivity index (χ1v) is 6.91. The maximum absolute atomic E-state index is 11.6. The van der Waals surface area contributed by atoms with E-state index < -0.39 is 0 Å². The minimum Gasteiger partial charge on any atom is -0.356 e. The lowest BCUT2D eigenvalue weighted by Crippen LogP contribution is -2.25. The highest BCUT2D eigenvalue weighted by molar-refractivity contribution is 7.09. The number of amides is 1. The fourth-order valence-electron chi connectivity index (χ4n) is 1.68. The van der Waals surface area contributed by atoms with Crippen molar-refractivity contribution in [3.05, 3.63) is 52.5 Å². The van der Waals surface area contributed by atoms with Crippen LogP contribution < -0.4 is 5.32 Å². The van der Waals surface area contributed by atoms with Gasteiger partial charge in [-0.25, -0.2) is 4.98 Å². The van der Waals surface area contributed by atoms with Crippen LogP contribution in [0.5, 0.6) is 0 Å². The van der Waals surface area contributed by atoms with Crippen LogP contribution in [0.4, 0.5) is 0 Å². The van der Waals surface area contributed by atoms with Crippen LogP contribution in [0.25, 0.3) is 0 Å². The number of nitrogens with one attached hydrogen (secondary N) is 1. The molecule has 0 aliphatic carbocycles.